The fourth-order valence-electron chi connectivity index (χ4n) is 6.35. The van der Waals surface area contributed by atoms with Crippen LogP contribution < -0.4 is 5.32 Å². The summed E-state index contributed by atoms with van der Waals surface area (Å²) in [7, 11) is 0. The quantitative estimate of drug-likeness (QED) is 0.588. The Balaban J connectivity index is 1.38. The van der Waals surface area contributed by atoms with Gasteiger partial charge in [-0.05, 0) is 67.9 Å². The van der Waals surface area contributed by atoms with E-state index in [9.17, 15) is 4.79 Å². The van der Waals surface area contributed by atoms with Crippen molar-refractivity contribution in [2.75, 3.05) is 18.5 Å². The summed E-state index contributed by atoms with van der Waals surface area (Å²) in [6.45, 7) is 10.7. The van der Waals surface area contributed by atoms with Crippen molar-refractivity contribution in [3.05, 3.63) is 29.8 Å². The minimum Gasteiger partial charge on any atom is -0.376 e. The zero-order valence-corrected chi connectivity index (χ0v) is 19.4. The molecule has 1 aromatic carbocycles. The molecule has 0 aliphatic heterocycles. The molecule has 3 saturated carbocycles. The average Bonchev–Trinajstić information content (AvgIpc) is 3.07. The molecule has 2 amide bonds. The van der Waals surface area contributed by atoms with E-state index in [1.54, 1.807) is 0 Å². The summed E-state index contributed by atoms with van der Waals surface area (Å²) < 4.78 is 6.49. The minimum absolute atomic E-state index is 0.0221. The van der Waals surface area contributed by atoms with Gasteiger partial charge in [-0.15, -0.1) is 0 Å². The van der Waals surface area contributed by atoms with E-state index >= 15 is 0 Å². The second-order valence-electron chi connectivity index (χ2n) is 10.8. The van der Waals surface area contributed by atoms with E-state index in [2.05, 4.69) is 37.9 Å². The molecule has 4 heteroatoms. The molecule has 0 saturated heterocycles. The summed E-state index contributed by atoms with van der Waals surface area (Å²) in [5.74, 6) is 0.784. The van der Waals surface area contributed by atoms with Gasteiger partial charge in [0.15, 0.2) is 0 Å². The van der Waals surface area contributed by atoms with Crippen LogP contribution in [0.1, 0.15) is 77.7 Å². The van der Waals surface area contributed by atoms with Crippen LogP contribution in [0.5, 0.6) is 0 Å². The van der Waals surface area contributed by atoms with Crippen LogP contribution in [0.15, 0.2) is 24.3 Å². The molecular weight excluding hydrogens is 372 g/mol. The molecule has 4 nitrogen and oxygen atoms in total. The van der Waals surface area contributed by atoms with Gasteiger partial charge in [-0.25, -0.2) is 4.79 Å². The summed E-state index contributed by atoms with van der Waals surface area (Å²) in [5.41, 5.74) is 2.71. The number of hydrogen-bond donors (Lipinski definition) is 1. The molecule has 0 unspecified atom stereocenters. The van der Waals surface area contributed by atoms with Crippen LogP contribution in [0.2, 0.25) is 0 Å². The summed E-state index contributed by atoms with van der Waals surface area (Å²) >= 11 is 0. The Kier molecular flexibility index (Phi) is 6.16. The normalized spacial score (nSPS) is 30.4. The van der Waals surface area contributed by atoms with E-state index in [0.29, 0.717) is 30.7 Å². The molecule has 1 N–H and O–H groups in total. The lowest BCUT2D eigenvalue weighted by molar-refractivity contribution is -0.0517. The SMILES string of the molecule is Cc1ccc(NC(=O)N(CCO[C@H]2C[C@H]3CC[C@@]2(C)C3(C)C)C2CCCCC2)cc1. The Morgan fingerprint density at radius 2 is 1.80 bits per heavy atom. The molecular formula is C26H40N2O2. The van der Waals surface area contributed by atoms with Gasteiger partial charge in [-0.3, -0.25) is 0 Å². The van der Waals surface area contributed by atoms with E-state index in [4.69, 9.17) is 4.74 Å². The number of rotatable bonds is 6. The van der Waals surface area contributed by atoms with Crippen molar-refractivity contribution in [1.29, 1.82) is 0 Å². The number of fused-ring (bicyclic) bond motifs is 2. The molecule has 3 fully saturated rings. The van der Waals surface area contributed by atoms with Crippen molar-refractivity contribution in [3.8, 4) is 0 Å². The van der Waals surface area contributed by atoms with Crippen LogP contribution in [0.3, 0.4) is 0 Å². The number of aryl methyl sites for hydroxylation is 1. The Bertz CT molecular complexity index is 738. The van der Waals surface area contributed by atoms with Gasteiger partial charge in [-0.1, -0.05) is 57.7 Å². The second-order valence-corrected chi connectivity index (χ2v) is 10.8. The standard InChI is InChI=1S/C26H40N2O2/c1-19-10-12-21(13-11-19)27-24(29)28(22-8-6-5-7-9-22)16-17-30-23-18-20-14-15-26(23,4)25(20,2)3/h10-13,20,22-23H,5-9,14-18H2,1-4H3,(H,27,29)/t20-,23+,26-/m1/s1. The fraction of sp³-hybridized carbons (Fsp3) is 0.731. The lowest BCUT2D eigenvalue weighted by Crippen LogP contribution is -2.46. The highest BCUT2D eigenvalue weighted by Crippen LogP contribution is 2.66. The van der Waals surface area contributed by atoms with Crippen LogP contribution in [-0.2, 0) is 4.74 Å². The number of hydrogen-bond acceptors (Lipinski definition) is 2. The van der Waals surface area contributed by atoms with E-state index in [1.165, 1.54) is 44.1 Å². The van der Waals surface area contributed by atoms with E-state index in [-0.39, 0.29) is 11.4 Å². The maximum atomic E-state index is 13.2. The predicted molar refractivity (Wildman–Crippen MR) is 123 cm³/mol. The number of ether oxygens (including phenoxy) is 1. The van der Waals surface area contributed by atoms with Crippen LogP contribution in [0.25, 0.3) is 0 Å². The van der Waals surface area contributed by atoms with Gasteiger partial charge in [0.1, 0.15) is 0 Å². The Morgan fingerprint density at radius 3 is 2.40 bits per heavy atom. The van der Waals surface area contributed by atoms with Gasteiger partial charge in [0.25, 0.3) is 0 Å². The third-order valence-electron chi connectivity index (χ3n) is 8.94. The molecule has 3 atom stereocenters. The van der Waals surface area contributed by atoms with Crippen molar-refractivity contribution in [3.63, 3.8) is 0 Å². The summed E-state index contributed by atoms with van der Waals surface area (Å²) in [6.07, 6.45) is 10.1. The average molecular weight is 413 g/mol. The van der Waals surface area contributed by atoms with Gasteiger partial charge < -0.3 is 15.0 Å². The van der Waals surface area contributed by atoms with Crippen molar-refractivity contribution in [2.45, 2.75) is 91.2 Å². The third kappa shape index (κ3) is 4.00. The summed E-state index contributed by atoms with van der Waals surface area (Å²) in [6, 6.07) is 8.42. The molecule has 166 valence electrons. The van der Waals surface area contributed by atoms with Gasteiger partial charge in [0, 0.05) is 18.3 Å². The molecule has 30 heavy (non-hydrogen) atoms. The number of amides is 2. The van der Waals surface area contributed by atoms with E-state index in [1.807, 2.05) is 24.3 Å². The number of benzene rings is 1. The summed E-state index contributed by atoms with van der Waals surface area (Å²) in [5, 5.41) is 3.12. The maximum Gasteiger partial charge on any atom is 0.322 e. The molecule has 0 radical (unpaired) electrons. The predicted octanol–water partition coefficient (Wildman–Crippen LogP) is 6.39. The van der Waals surface area contributed by atoms with Crippen LogP contribution in [0.4, 0.5) is 10.5 Å². The maximum absolute atomic E-state index is 13.2. The molecule has 0 aromatic heterocycles. The molecule has 3 aliphatic rings. The van der Waals surface area contributed by atoms with Crippen molar-refractivity contribution in [1.82, 2.24) is 4.90 Å². The van der Waals surface area contributed by atoms with Crippen LogP contribution in [0, 0.1) is 23.7 Å². The number of anilines is 1. The van der Waals surface area contributed by atoms with E-state index in [0.717, 1.165) is 24.4 Å². The largest absolute Gasteiger partial charge is 0.376 e. The van der Waals surface area contributed by atoms with Crippen molar-refractivity contribution in [2.24, 2.45) is 16.7 Å². The van der Waals surface area contributed by atoms with Gasteiger partial charge in [0.2, 0.25) is 0 Å². The molecule has 4 rings (SSSR count). The number of carbonyl (C=O) groups is 1. The first-order valence-electron chi connectivity index (χ1n) is 12.1. The first-order chi connectivity index (χ1) is 14.3. The highest BCUT2D eigenvalue weighted by Gasteiger charge is 2.61. The Morgan fingerprint density at radius 1 is 1.10 bits per heavy atom. The highest BCUT2D eigenvalue weighted by atomic mass is 16.5. The van der Waals surface area contributed by atoms with Crippen molar-refractivity contribution < 1.29 is 9.53 Å². The minimum atomic E-state index is 0.0221. The van der Waals surface area contributed by atoms with Gasteiger partial charge in [-0.2, -0.15) is 0 Å². The Labute approximate surface area is 182 Å². The number of nitrogens with zero attached hydrogens (tertiary/aromatic N) is 1. The smallest absolute Gasteiger partial charge is 0.322 e. The van der Waals surface area contributed by atoms with Gasteiger partial charge in [0.05, 0.1) is 12.7 Å². The number of carbonyl (C=O) groups excluding carboxylic acids is 1. The fourth-order valence-corrected chi connectivity index (χ4v) is 6.35. The first-order valence-corrected chi connectivity index (χ1v) is 12.1. The topological polar surface area (TPSA) is 41.6 Å². The second kappa shape index (κ2) is 8.53. The van der Waals surface area contributed by atoms with Crippen LogP contribution in [-0.4, -0.2) is 36.2 Å². The van der Waals surface area contributed by atoms with Crippen LogP contribution >= 0.6 is 0 Å². The van der Waals surface area contributed by atoms with Gasteiger partial charge >= 0.3 is 6.03 Å². The molecule has 3 aliphatic carbocycles. The van der Waals surface area contributed by atoms with E-state index < -0.39 is 0 Å². The molecule has 0 heterocycles. The number of nitrogens with one attached hydrogen (secondary N) is 1. The molecule has 2 bridgehead atoms. The monoisotopic (exact) mass is 412 g/mol. The zero-order valence-electron chi connectivity index (χ0n) is 19.4. The lowest BCUT2D eigenvalue weighted by atomic mass is 9.70. The number of urea groups is 1. The molecule has 1 aromatic rings. The first kappa shape index (κ1) is 21.7. The zero-order chi connectivity index (χ0) is 21.4. The molecule has 0 spiro atoms. The Hall–Kier alpha value is -1.55. The third-order valence-corrected chi connectivity index (χ3v) is 8.94. The van der Waals surface area contributed by atoms with Crippen molar-refractivity contribution >= 4 is 11.7 Å². The summed E-state index contributed by atoms with van der Waals surface area (Å²) in [4.78, 5) is 15.2. The lowest BCUT2D eigenvalue weighted by Gasteiger charge is -2.39. The highest BCUT2D eigenvalue weighted by molar-refractivity contribution is 5.89.